The van der Waals surface area contributed by atoms with Gasteiger partial charge in [-0.05, 0) is 31.0 Å². The second-order valence-electron chi connectivity index (χ2n) is 5.07. The van der Waals surface area contributed by atoms with Crippen molar-refractivity contribution in [1.29, 1.82) is 0 Å². The van der Waals surface area contributed by atoms with Crippen LogP contribution in [0.15, 0.2) is 27.6 Å². The maximum atomic E-state index is 12.8. The highest BCUT2D eigenvalue weighted by atomic mass is 79.9. The fourth-order valence-electron chi connectivity index (χ4n) is 2.80. The summed E-state index contributed by atoms with van der Waals surface area (Å²) in [6.07, 6.45) is 5.30. The number of benzene rings is 1. The number of nitrogens with zero attached hydrogens (tertiary/aromatic N) is 1. The third kappa shape index (κ3) is 3.38. The average molecular weight is 381 g/mol. The Bertz CT molecular complexity index is 571. The van der Waals surface area contributed by atoms with Crippen molar-refractivity contribution < 1.29 is 8.42 Å². The molecule has 20 heavy (non-hydrogen) atoms. The third-order valence-electron chi connectivity index (χ3n) is 3.77. The van der Waals surface area contributed by atoms with Crippen LogP contribution in [0.4, 0.5) is 0 Å². The van der Waals surface area contributed by atoms with E-state index >= 15 is 0 Å². The van der Waals surface area contributed by atoms with E-state index in [1.54, 1.807) is 22.5 Å². The molecule has 0 bridgehead atoms. The molecule has 1 saturated carbocycles. The van der Waals surface area contributed by atoms with Crippen molar-refractivity contribution in [1.82, 2.24) is 4.31 Å². The molecular formula is C14H19BrClNO2S. The summed E-state index contributed by atoms with van der Waals surface area (Å²) < 4.78 is 28.0. The second-order valence-corrected chi connectivity index (χ2v) is 8.26. The van der Waals surface area contributed by atoms with Crippen molar-refractivity contribution in [3.05, 3.63) is 27.7 Å². The Labute approximate surface area is 134 Å². The van der Waals surface area contributed by atoms with Gasteiger partial charge in [0.15, 0.2) is 0 Å². The van der Waals surface area contributed by atoms with Crippen LogP contribution in [0.1, 0.15) is 39.0 Å². The van der Waals surface area contributed by atoms with Crippen LogP contribution in [0, 0.1) is 0 Å². The fourth-order valence-corrected chi connectivity index (χ4v) is 5.51. The molecule has 0 radical (unpaired) electrons. The van der Waals surface area contributed by atoms with E-state index < -0.39 is 10.0 Å². The second kappa shape index (κ2) is 6.77. The van der Waals surface area contributed by atoms with Gasteiger partial charge in [-0.1, -0.05) is 53.7 Å². The molecule has 2 rings (SSSR count). The minimum Gasteiger partial charge on any atom is -0.207 e. The van der Waals surface area contributed by atoms with Crippen molar-refractivity contribution in [2.45, 2.75) is 50.0 Å². The molecule has 1 aliphatic carbocycles. The molecule has 1 aliphatic rings. The Morgan fingerprint density at radius 2 is 1.95 bits per heavy atom. The van der Waals surface area contributed by atoms with Crippen LogP contribution in [0.25, 0.3) is 0 Å². The Kier molecular flexibility index (Phi) is 5.51. The van der Waals surface area contributed by atoms with Crippen molar-refractivity contribution in [2.24, 2.45) is 0 Å². The normalized spacial score (nSPS) is 17.6. The first-order valence-corrected chi connectivity index (χ1v) is 9.55. The molecule has 0 N–H and O–H groups in total. The van der Waals surface area contributed by atoms with Gasteiger partial charge in [0.25, 0.3) is 0 Å². The number of halogens is 2. The minimum absolute atomic E-state index is 0.110. The molecule has 0 heterocycles. The molecule has 0 aliphatic heterocycles. The predicted molar refractivity (Wildman–Crippen MR) is 85.6 cm³/mol. The third-order valence-corrected chi connectivity index (χ3v) is 6.78. The molecule has 112 valence electrons. The smallest absolute Gasteiger partial charge is 0.207 e. The summed E-state index contributed by atoms with van der Waals surface area (Å²) >= 11 is 9.42. The first-order chi connectivity index (χ1) is 9.46. The highest BCUT2D eigenvalue weighted by Gasteiger charge is 2.32. The van der Waals surface area contributed by atoms with E-state index in [-0.39, 0.29) is 16.0 Å². The highest BCUT2D eigenvalue weighted by molar-refractivity contribution is 9.10. The van der Waals surface area contributed by atoms with E-state index in [0.717, 1.165) is 30.2 Å². The summed E-state index contributed by atoms with van der Waals surface area (Å²) in [5.41, 5.74) is 0. The van der Waals surface area contributed by atoms with Crippen molar-refractivity contribution in [3.63, 3.8) is 0 Å². The zero-order chi connectivity index (χ0) is 14.8. The van der Waals surface area contributed by atoms with Crippen LogP contribution < -0.4 is 0 Å². The molecule has 0 unspecified atom stereocenters. The zero-order valence-corrected chi connectivity index (χ0v) is 14.6. The van der Waals surface area contributed by atoms with E-state index in [1.165, 1.54) is 6.42 Å². The SMILES string of the molecule is CCN(C1CCCCC1)S(=O)(=O)c1ccc(Br)cc1Cl. The Balaban J connectivity index is 2.35. The number of sulfonamides is 1. The summed E-state index contributed by atoms with van der Waals surface area (Å²) in [7, 11) is -3.52. The van der Waals surface area contributed by atoms with Crippen LogP contribution in [-0.2, 0) is 10.0 Å². The van der Waals surface area contributed by atoms with E-state index in [9.17, 15) is 8.42 Å². The van der Waals surface area contributed by atoms with Gasteiger partial charge in [0, 0.05) is 17.1 Å². The van der Waals surface area contributed by atoms with Gasteiger partial charge in [0.1, 0.15) is 4.90 Å². The molecule has 0 amide bonds. The Morgan fingerprint density at radius 1 is 1.30 bits per heavy atom. The molecule has 0 atom stereocenters. The average Bonchev–Trinajstić information content (AvgIpc) is 2.40. The quantitative estimate of drug-likeness (QED) is 0.774. The Morgan fingerprint density at radius 3 is 2.50 bits per heavy atom. The zero-order valence-electron chi connectivity index (χ0n) is 11.5. The van der Waals surface area contributed by atoms with Crippen LogP contribution in [0.5, 0.6) is 0 Å². The lowest BCUT2D eigenvalue weighted by Crippen LogP contribution is -2.41. The van der Waals surface area contributed by atoms with Gasteiger partial charge in [-0.15, -0.1) is 0 Å². The lowest BCUT2D eigenvalue weighted by Gasteiger charge is -2.32. The lowest BCUT2D eigenvalue weighted by molar-refractivity contribution is 0.261. The standard InChI is InChI=1S/C14H19BrClNO2S/c1-2-17(12-6-4-3-5-7-12)20(18,19)14-9-8-11(15)10-13(14)16/h8-10,12H,2-7H2,1H3. The van der Waals surface area contributed by atoms with Crippen molar-refractivity contribution in [3.8, 4) is 0 Å². The molecule has 1 aromatic rings. The van der Waals surface area contributed by atoms with Crippen LogP contribution in [-0.4, -0.2) is 25.3 Å². The summed E-state index contributed by atoms with van der Waals surface area (Å²) in [4.78, 5) is 0.204. The topological polar surface area (TPSA) is 37.4 Å². The monoisotopic (exact) mass is 379 g/mol. The van der Waals surface area contributed by atoms with E-state index in [0.29, 0.717) is 6.54 Å². The summed E-state index contributed by atoms with van der Waals surface area (Å²) in [5, 5.41) is 0.272. The van der Waals surface area contributed by atoms with Gasteiger partial charge in [0.2, 0.25) is 10.0 Å². The lowest BCUT2D eigenvalue weighted by atomic mass is 9.95. The first-order valence-electron chi connectivity index (χ1n) is 6.93. The van der Waals surface area contributed by atoms with Crippen LogP contribution in [0.2, 0.25) is 5.02 Å². The highest BCUT2D eigenvalue weighted by Crippen LogP contribution is 2.31. The number of hydrogen-bond acceptors (Lipinski definition) is 2. The maximum absolute atomic E-state index is 12.8. The molecule has 1 fully saturated rings. The molecule has 6 heteroatoms. The van der Waals surface area contributed by atoms with Crippen LogP contribution >= 0.6 is 27.5 Å². The summed E-state index contributed by atoms with van der Waals surface area (Å²) in [6.45, 7) is 2.37. The largest absolute Gasteiger partial charge is 0.244 e. The van der Waals surface area contributed by atoms with Gasteiger partial charge in [-0.3, -0.25) is 0 Å². The van der Waals surface area contributed by atoms with Crippen molar-refractivity contribution in [2.75, 3.05) is 6.54 Å². The van der Waals surface area contributed by atoms with Crippen LogP contribution in [0.3, 0.4) is 0 Å². The van der Waals surface area contributed by atoms with Crippen molar-refractivity contribution >= 4 is 37.6 Å². The van der Waals surface area contributed by atoms with Gasteiger partial charge in [-0.25, -0.2) is 8.42 Å². The Hall–Kier alpha value is -0.100. The number of hydrogen-bond donors (Lipinski definition) is 0. The minimum atomic E-state index is -3.52. The molecule has 0 saturated heterocycles. The molecule has 0 spiro atoms. The molecule has 1 aromatic carbocycles. The summed E-state index contributed by atoms with van der Waals surface area (Å²) in [6, 6.07) is 5.03. The van der Waals surface area contributed by atoms with Gasteiger partial charge < -0.3 is 0 Å². The maximum Gasteiger partial charge on any atom is 0.244 e. The van der Waals surface area contributed by atoms with E-state index in [1.807, 2.05) is 6.92 Å². The van der Waals surface area contributed by atoms with Gasteiger partial charge in [-0.2, -0.15) is 4.31 Å². The first kappa shape index (κ1) is 16.3. The van der Waals surface area contributed by atoms with E-state index in [4.69, 9.17) is 11.6 Å². The van der Waals surface area contributed by atoms with Gasteiger partial charge >= 0.3 is 0 Å². The summed E-state index contributed by atoms with van der Waals surface area (Å²) in [5.74, 6) is 0. The predicted octanol–water partition coefficient (Wildman–Crippen LogP) is 4.45. The molecular weight excluding hydrogens is 362 g/mol. The van der Waals surface area contributed by atoms with E-state index in [2.05, 4.69) is 15.9 Å². The molecule has 3 nitrogen and oxygen atoms in total. The van der Waals surface area contributed by atoms with Gasteiger partial charge in [0.05, 0.1) is 5.02 Å². The fraction of sp³-hybridized carbons (Fsp3) is 0.571. The number of rotatable bonds is 4. The molecule has 0 aromatic heterocycles.